The Morgan fingerprint density at radius 3 is 2.42 bits per heavy atom. The van der Waals surface area contributed by atoms with Crippen LogP contribution < -0.4 is 9.47 Å². The van der Waals surface area contributed by atoms with Gasteiger partial charge in [-0.2, -0.15) is 0 Å². The summed E-state index contributed by atoms with van der Waals surface area (Å²) >= 11 is 0. The zero-order valence-corrected chi connectivity index (χ0v) is 11.1. The standard InChI is InChI=1S/C16H16O3/c1-3-19-16-13(10-7-11-14(16)18-2)15(17)12-8-5-4-6-9-12/h4-11H,3H2,1-2H3. The van der Waals surface area contributed by atoms with Crippen molar-refractivity contribution in [3.63, 3.8) is 0 Å². The molecule has 0 aliphatic heterocycles. The monoisotopic (exact) mass is 256 g/mol. The zero-order valence-electron chi connectivity index (χ0n) is 11.1. The molecule has 0 saturated carbocycles. The fourth-order valence-electron chi connectivity index (χ4n) is 1.89. The molecule has 0 N–H and O–H groups in total. The van der Waals surface area contributed by atoms with E-state index in [0.717, 1.165) is 0 Å². The highest BCUT2D eigenvalue weighted by Crippen LogP contribution is 2.32. The molecule has 0 fully saturated rings. The quantitative estimate of drug-likeness (QED) is 0.770. The van der Waals surface area contributed by atoms with Crippen molar-refractivity contribution in [3.8, 4) is 11.5 Å². The largest absolute Gasteiger partial charge is 0.493 e. The SMILES string of the molecule is CCOc1c(OC)cccc1C(=O)c1ccccc1. The Balaban J connectivity index is 2.47. The topological polar surface area (TPSA) is 35.5 Å². The highest BCUT2D eigenvalue weighted by atomic mass is 16.5. The van der Waals surface area contributed by atoms with Gasteiger partial charge in [0.2, 0.25) is 0 Å². The average Bonchev–Trinajstić information content (AvgIpc) is 2.48. The number of para-hydroxylation sites is 1. The predicted octanol–water partition coefficient (Wildman–Crippen LogP) is 3.32. The molecule has 0 bridgehead atoms. The Morgan fingerprint density at radius 1 is 1.05 bits per heavy atom. The Labute approximate surface area is 112 Å². The summed E-state index contributed by atoms with van der Waals surface area (Å²) in [5.41, 5.74) is 1.16. The molecule has 2 aromatic carbocycles. The number of ether oxygens (including phenoxy) is 2. The van der Waals surface area contributed by atoms with Crippen LogP contribution in [0.25, 0.3) is 0 Å². The Bertz CT molecular complexity index is 561. The summed E-state index contributed by atoms with van der Waals surface area (Å²) in [5, 5.41) is 0. The van der Waals surface area contributed by atoms with Crippen molar-refractivity contribution < 1.29 is 14.3 Å². The smallest absolute Gasteiger partial charge is 0.196 e. The lowest BCUT2D eigenvalue weighted by atomic mass is 10.0. The third-order valence-electron chi connectivity index (χ3n) is 2.77. The van der Waals surface area contributed by atoms with Crippen LogP contribution in [0.1, 0.15) is 22.8 Å². The van der Waals surface area contributed by atoms with Gasteiger partial charge in [0, 0.05) is 5.56 Å². The molecule has 19 heavy (non-hydrogen) atoms. The van der Waals surface area contributed by atoms with E-state index in [1.807, 2.05) is 25.1 Å². The first-order valence-electron chi connectivity index (χ1n) is 6.17. The number of hydrogen-bond acceptors (Lipinski definition) is 3. The van der Waals surface area contributed by atoms with Crippen molar-refractivity contribution in [2.24, 2.45) is 0 Å². The minimum Gasteiger partial charge on any atom is -0.493 e. The maximum atomic E-state index is 12.5. The number of benzene rings is 2. The first-order chi connectivity index (χ1) is 9.27. The van der Waals surface area contributed by atoms with E-state index in [9.17, 15) is 4.79 Å². The molecule has 0 aliphatic carbocycles. The molecule has 3 heteroatoms. The number of carbonyl (C=O) groups is 1. The first kappa shape index (κ1) is 13.1. The van der Waals surface area contributed by atoms with E-state index in [4.69, 9.17) is 9.47 Å². The summed E-state index contributed by atoms with van der Waals surface area (Å²) in [6.45, 7) is 2.36. The van der Waals surface area contributed by atoms with Crippen LogP contribution in [0, 0.1) is 0 Å². The molecule has 98 valence electrons. The molecule has 2 aromatic rings. The summed E-state index contributed by atoms with van der Waals surface area (Å²) < 4.78 is 10.8. The summed E-state index contributed by atoms with van der Waals surface area (Å²) in [7, 11) is 1.56. The Kier molecular flexibility index (Phi) is 4.18. The normalized spacial score (nSPS) is 10.0. The minimum absolute atomic E-state index is 0.0667. The van der Waals surface area contributed by atoms with Crippen LogP contribution >= 0.6 is 0 Å². The van der Waals surface area contributed by atoms with Crippen molar-refractivity contribution in [1.82, 2.24) is 0 Å². The molecular formula is C16H16O3. The molecule has 2 rings (SSSR count). The lowest BCUT2D eigenvalue weighted by molar-refractivity contribution is 0.103. The molecular weight excluding hydrogens is 240 g/mol. The number of rotatable bonds is 5. The molecule has 0 spiro atoms. The number of ketones is 1. The van der Waals surface area contributed by atoms with E-state index in [2.05, 4.69) is 0 Å². The van der Waals surface area contributed by atoms with Crippen LogP contribution in [0.5, 0.6) is 11.5 Å². The highest BCUT2D eigenvalue weighted by Gasteiger charge is 2.17. The van der Waals surface area contributed by atoms with Gasteiger partial charge < -0.3 is 9.47 Å². The summed E-state index contributed by atoms with van der Waals surface area (Å²) in [6, 6.07) is 14.5. The van der Waals surface area contributed by atoms with E-state index >= 15 is 0 Å². The van der Waals surface area contributed by atoms with E-state index < -0.39 is 0 Å². The zero-order chi connectivity index (χ0) is 13.7. The van der Waals surface area contributed by atoms with Gasteiger partial charge in [0.05, 0.1) is 19.3 Å². The molecule has 0 unspecified atom stereocenters. The third-order valence-corrected chi connectivity index (χ3v) is 2.77. The molecule has 0 radical (unpaired) electrons. The molecule has 3 nitrogen and oxygen atoms in total. The lowest BCUT2D eigenvalue weighted by Crippen LogP contribution is -2.06. The fourth-order valence-corrected chi connectivity index (χ4v) is 1.89. The van der Waals surface area contributed by atoms with E-state index in [1.54, 1.807) is 37.4 Å². The molecule has 0 amide bonds. The molecule has 0 heterocycles. The first-order valence-corrected chi connectivity index (χ1v) is 6.17. The van der Waals surface area contributed by atoms with E-state index in [1.165, 1.54) is 0 Å². The second kappa shape index (κ2) is 6.05. The average molecular weight is 256 g/mol. The van der Waals surface area contributed by atoms with Gasteiger partial charge in [-0.3, -0.25) is 4.79 Å². The van der Waals surface area contributed by atoms with Gasteiger partial charge in [-0.25, -0.2) is 0 Å². The maximum Gasteiger partial charge on any atom is 0.196 e. The van der Waals surface area contributed by atoms with Crippen molar-refractivity contribution in [3.05, 3.63) is 59.7 Å². The summed E-state index contributed by atoms with van der Waals surface area (Å²) in [6.07, 6.45) is 0. The lowest BCUT2D eigenvalue weighted by Gasteiger charge is -2.13. The van der Waals surface area contributed by atoms with Crippen molar-refractivity contribution >= 4 is 5.78 Å². The van der Waals surface area contributed by atoms with Crippen molar-refractivity contribution in [1.29, 1.82) is 0 Å². The van der Waals surface area contributed by atoms with Gasteiger partial charge in [-0.15, -0.1) is 0 Å². The predicted molar refractivity (Wildman–Crippen MR) is 74.0 cm³/mol. The van der Waals surface area contributed by atoms with Gasteiger partial charge in [0.15, 0.2) is 17.3 Å². The van der Waals surface area contributed by atoms with Crippen LogP contribution in [-0.4, -0.2) is 19.5 Å². The van der Waals surface area contributed by atoms with Crippen LogP contribution in [0.3, 0.4) is 0 Å². The van der Waals surface area contributed by atoms with Crippen LogP contribution in [0.4, 0.5) is 0 Å². The van der Waals surface area contributed by atoms with Crippen LogP contribution in [-0.2, 0) is 0 Å². The Morgan fingerprint density at radius 2 is 1.79 bits per heavy atom. The van der Waals surface area contributed by atoms with Gasteiger partial charge in [-0.1, -0.05) is 36.4 Å². The van der Waals surface area contributed by atoms with Crippen LogP contribution in [0.2, 0.25) is 0 Å². The minimum atomic E-state index is -0.0667. The van der Waals surface area contributed by atoms with E-state index in [-0.39, 0.29) is 5.78 Å². The summed E-state index contributed by atoms with van der Waals surface area (Å²) in [4.78, 5) is 12.5. The van der Waals surface area contributed by atoms with Gasteiger partial charge in [0.1, 0.15) is 0 Å². The second-order valence-electron chi connectivity index (χ2n) is 3.97. The molecule has 0 aromatic heterocycles. The van der Waals surface area contributed by atoms with Crippen molar-refractivity contribution in [2.45, 2.75) is 6.92 Å². The highest BCUT2D eigenvalue weighted by molar-refractivity contribution is 6.11. The van der Waals surface area contributed by atoms with Gasteiger partial charge >= 0.3 is 0 Å². The van der Waals surface area contributed by atoms with Gasteiger partial charge in [-0.05, 0) is 19.1 Å². The molecule has 0 aliphatic rings. The molecule has 0 saturated heterocycles. The van der Waals surface area contributed by atoms with Gasteiger partial charge in [0.25, 0.3) is 0 Å². The Hall–Kier alpha value is -2.29. The fraction of sp³-hybridized carbons (Fsp3) is 0.188. The third kappa shape index (κ3) is 2.76. The molecule has 0 atom stereocenters. The number of hydrogen-bond donors (Lipinski definition) is 0. The maximum absolute atomic E-state index is 12.5. The second-order valence-corrected chi connectivity index (χ2v) is 3.97. The number of carbonyl (C=O) groups excluding carboxylic acids is 1. The number of methoxy groups -OCH3 is 1. The van der Waals surface area contributed by atoms with Crippen LogP contribution in [0.15, 0.2) is 48.5 Å². The van der Waals surface area contributed by atoms with Crippen molar-refractivity contribution in [2.75, 3.05) is 13.7 Å². The summed E-state index contributed by atoms with van der Waals surface area (Å²) in [5.74, 6) is 1.01. The van der Waals surface area contributed by atoms with E-state index in [0.29, 0.717) is 29.2 Å².